The first-order valence-electron chi connectivity index (χ1n) is 6.19. The summed E-state index contributed by atoms with van der Waals surface area (Å²) in [6.07, 6.45) is 4.72. The topological polar surface area (TPSA) is 73.7 Å². The lowest BCUT2D eigenvalue weighted by molar-refractivity contribution is 0.313. The van der Waals surface area contributed by atoms with Gasteiger partial charge in [0.05, 0.1) is 31.2 Å². The van der Waals surface area contributed by atoms with Crippen molar-refractivity contribution in [3.8, 4) is 11.8 Å². The van der Waals surface area contributed by atoms with Crippen LogP contribution >= 0.6 is 0 Å². The number of nitriles is 1. The predicted molar refractivity (Wildman–Crippen MR) is 72.7 cm³/mol. The summed E-state index contributed by atoms with van der Waals surface area (Å²) in [5, 5.41) is 11.7. The zero-order valence-electron chi connectivity index (χ0n) is 10.6. The molecule has 2 N–H and O–H groups in total. The lowest BCUT2D eigenvalue weighted by Crippen LogP contribution is -2.01. The van der Waals surface area contributed by atoms with Crippen LogP contribution in [0.5, 0.6) is 5.75 Å². The van der Waals surface area contributed by atoms with Gasteiger partial charge in [-0.05, 0) is 18.6 Å². The average molecular weight is 256 g/mol. The molecule has 1 aromatic heterocycles. The van der Waals surface area contributed by atoms with Crippen molar-refractivity contribution in [1.82, 2.24) is 9.97 Å². The van der Waals surface area contributed by atoms with Crippen LogP contribution in [0.2, 0.25) is 0 Å². The van der Waals surface area contributed by atoms with E-state index in [0.717, 1.165) is 23.6 Å². The van der Waals surface area contributed by atoms with E-state index < -0.39 is 0 Å². The summed E-state index contributed by atoms with van der Waals surface area (Å²) in [6.45, 7) is 1.26. The minimum atomic E-state index is 0.526. The fraction of sp³-hybridized carbons (Fsp3) is 0.286. The summed E-state index contributed by atoms with van der Waals surface area (Å²) in [4.78, 5) is 7.00. The van der Waals surface area contributed by atoms with Gasteiger partial charge in [0.1, 0.15) is 5.75 Å². The van der Waals surface area contributed by atoms with Crippen LogP contribution in [0.1, 0.15) is 18.5 Å². The third-order valence-corrected chi connectivity index (χ3v) is 2.57. The number of aromatic nitrogens is 2. The second kappa shape index (κ2) is 7.07. The van der Waals surface area contributed by atoms with Crippen LogP contribution in [0, 0.1) is 11.3 Å². The average Bonchev–Trinajstić information content (AvgIpc) is 2.95. The Morgan fingerprint density at radius 1 is 1.42 bits per heavy atom. The molecule has 0 atom stereocenters. The monoisotopic (exact) mass is 256 g/mol. The SMILES string of the molecule is N#CCCCOc1cccc(NCc2cnc[nH]2)c1. The van der Waals surface area contributed by atoms with E-state index >= 15 is 0 Å². The second-order valence-corrected chi connectivity index (χ2v) is 4.07. The Hall–Kier alpha value is -2.48. The van der Waals surface area contributed by atoms with Crippen molar-refractivity contribution in [2.75, 3.05) is 11.9 Å². The van der Waals surface area contributed by atoms with Crippen molar-refractivity contribution >= 4 is 5.69 Å². The molecule has 19 heavy (non-hydrogen) atoms. The molecule has 2 aromatic rings. The molecule has 0 saturated heterocycles. The van der Waals surface area contributed by atoms with Gasteiger partial charge in [-0.2, -0.15) is 5.26 Å². The zero-order valence-corrected chi connectivity index (χ0v) is 10.6. The van der Waals surface area contributed by atoms with E-state index in [-0.39, 0.29) is 0 Å². The molecule has 0 spiro atoms. The highest BCUT2D eigenvalue weighted by Gasteiger charge is 1.98. The molecule has 0 fully saturated rings. The Morgan fingerprint density at radius 2 is 2.37 bits per heavy atom. The quantitative estimate of drug-likeness (QED) is 0.747. The minimum Gasteiger partial charge on any atom is -0.493 e. The highest BCUT2D eigenvalue weighted by atomic mass is 16.5. The van der Waals surface area contributed by atoms with E-state index in [9.17, 15) is 0 Å². The van der Waals surface area contributed by atoms with Crippen LogP contribution in [-0.4, -0.2) is 16.6 Å². The predicted octanol–water partition coefficient (Wildman–Crippen LogP) is 2.70. The van der Waals surface area contributed by atoms with Crippen LogP contribution in [0.4, 0.5) is 5.69 Å². The number of imidazole rings is 1. The van der Waals surface area contributed by atoms with Crippen LogP contribution in [-0.2, 0) is 6.54 Å². The number of rotatable bonds is 7. The van der Waals surface area contributed by atoms with E-state index in [0.29, 0.717) is 19.6 Å². The number of benzene rings is 1. The first-order valence-corrected chi connectivity index (χ1v) is 6.19. The molecule has 0 unspecified atom stereocenters. The van der Waals surface area contributed by atoms with E-state index in [1.807, 2.05) is 24.3 Å². The normalized spacial score (nSPS) is 9.84. The van der Waals surface area contributed by atoms with Gasteiger partial charge in [-0.1, -0.05) is 6.07 Å². The zero-order chi connectivity index (χ0) is 13.3. The van der Waals surface area contributed by atoms with Crippen LogP contribution in [0.25, 0.3) is 0 Å². The lowest BCUT2D eigenvalue weighted by atomic mass is 10.3. The standard InChI is InChI=1S/C14H16N4O/c15-6-1-2-7-19-14-5-3-4-12(8-14)17-10-13-9-16-11-18-13/h3-5,8-9,11,17H,1-2,7,10H2,(H,16,18). The molecule has 0 bridgehead atoms. The second-order valence-electron chi connectivity index (χ2n) is 4.07. The summed E-state index contributed by atoms with van der Waals surface area (Å²) in [5.41, 5.74) is 2.02. The van der Waals surface area contributed by atoms with Crippen molar-refractivity contribution in [2.24, 2.45) is 0 Å². The summed E-state index contributed by atoms with van der Waals surface area (Å²) in [6, 6.07) is 9.88. The van der Waals surface area contributed by atoms with Crippen LogP contribution < -0.4 is 10.1 Å². The van der Waals surface area contributed by atoms with E-state index in [1.54, 1.807) is 12.5 Å². The maximum absolute atomic E-state index is 8.44. The molecule has 5 heteroatoms. The smallest absolute Gasteiger partial charge is 0.121 e. The van der Waals surface area contributed by atoms with E-state index in [4.69, 9.17) is 10.00 Å². The number of anilines is 1. The molecule has 0 aliphatic heterocycles. The van der Waals surface area contributed by atoms with Crippen molar-refractivity contribution in [2.45, 2.75) is 19.4 Å². The largest absolute Gasteiger partial charge is 0.493 e. The number of ether oxygens (including phenoxy) is 1. The summed E-state index contributed by atoms with van der Waals surface area (Å²) in [5.74, 6) is 0.813. The molecular formula is C14H16N4O. The van der Waals surface area contributed by atoms with Gasteiger partial charge < -0.3 is 15.0 Å². The maximum Gasteiger partial charge on any atom is 0.121 e. The molecule has 1 aromatic carbocycles. The number of hydrogen-bond acceptors (Lipinski definition) is 4. The van der Waals surface area contributed by atoms with Gasteiger partial charge in [0, 0.05) is 24.4 Å². The first kappa shape index (κ1) is 13.0. The van der Waals surface area contributed by atoms with Gasteiger partial charge in [-0.15, -0.1) is 0 Å². The number of H-pyrrole nitrogens is 1. The van der Waals surface area contributed by atoms with E-state index in [2.05, 4.69) is 21.4 Å². The van der Waals surface area contributed by atoms with Crippen molar-refractivity contribution in [3.05, 3.63) is 42.5 Å². The highest BCUT2D eigenvalue weighted by Crippen LogP contribution is 2.18. The fourth-order valence-electron chi connectivity index (χ4n) is 1.62. The van der Waals surface area contributed by atoms with Gasteiger partial charge in [0.15, 0.2) is 0 Å². The van der Waals surface area contributed by atoms with Crippen molar-refractivity contribution in [3.63, 3.8) is 0 Å². The van der Waals surface area contributed by atoms with E-state index in [1.165, 1.54) is 0 Å². The molecule has 0 amide bonds. The molecule has 0 saturated carbocycles. The number of hydrogen-bond donors (Lipinski definition) is 2. The Morgan fingerprint density at radius 3 is 3.16 bits per heavy atom. The Bertz CT molecular complexity index is 531. The Balaban J connectivity index is 1.83. The van der Waals surface area contributed by atoms with Gasteiger partial charge in [0.2, 0.25) is 0 Å². The summed E-state index contributed by atoms with van der Waals surface area (Å²) in [7, 11) is 0. The summed E-state index contributed by atoms with van der Waals surface area (Å²) >= 11 is 0. The number of aromatic amines is 1. The lowest BCUT2D eigenvalue weighted by Gasteiger charge is -2.08. The first-order chi connectivity index (χ1) is 9.38. The minimum absolute atomic E-state index is 0.526. The molecule has 5 nitrogen and oxygen atoms in total. The molecule has 98 valence electrons. The third kappa shape index (κ3) is 4.36. The molecule has 0 aliphatic rings. The molecule has 1 heterocycles. The Labute approximate surface area is 112 Å². The molecule has 0 radical (unpaired) electrons. The third-order valence-electron chi connectivity index (χ3n) is 2.57. The maximum atomic E-state index is 8.44. The highest BCUT2D eigenvalue weighted by molar-refractivity contribution is 5.48. The number of nitrogens with zero attached hydrogens (tertiary/aromatic N) is 2. The summed E-state index contributed by atoms with van der Waals surface area (Å²) < 4.78 is 5.57. The van der Waals surface area contributed by atoms with Gasteiger partial charge >= 0.3 is 0 Å². The number of nitrogens with one attached hydrogen (secondary N) is 2. The van der Waals surface area contributed by atoms with Gasteiger partial charge in [-0.25, -0.2) is 4.98 Å². The van der Waals surface area contributed by atoms with Crippen LogP contribution in [0.15, 0.2) is 36.8 Å². The molecule has 0 aliphatic carbocycles. The van der Waals surface area contributed by atoms with Crippen molar-refractivity contribution in [1.29, 1.82) is 5.26 Å². The van der Waals surface area contributed by atoms with Crippen LogP contribution in [0.3, 0.4) is 0 Å². The fourth-order valence-corrected chi connectivity index (χ4v) is 1.62. The number of unbranched alkanes of at least 4 members (excludes halogenated alkanes) is 1. The van der Waals surface area contributed by atoms with Gasteiger partial charge in [0.25, 0.3) is 0 Å². The van der Waals surface area contributed by atoms with Crippen molar-refractivity contribution < 1.29 is 4.74 Å². The van der Waals surface area contributed by atoms with Gasteiger partial charge in [-0.3, -0.25) is 0 Å². The Kier molecular flexibility index (Phi) is 4.82. The molecule has 2 rings (SSSR count). The molecular weight excluding hydrogens is 240 g/mol.